The Labute approximate surface area is 125 Å². The molecular formula is C11H15BrClNO2S2. The van der Waals surface area contributed by atoms with Gasteiger partial charge in [-0.15, -0.1) is 11.3 Å². The molecule has 1 heterocycles. The van der Waals surface area contributed by atoms with Crippen molar-refractivity contribution in [2.75, 3.05) is 0 Å². The van der Waals surface area contributed by atoms with Gasteiger partial charge in [0, 0.05) is 6.04 Å². The van der Waals surface area contributed by atoms with Gasteiger partial charge in [-0.25, -0.2) is 13.1 Å². The Hall–Kier alpha value is 0.380. The van der Waals surface area contributed by atoms with Gasteiger partial charge >= 0.3 is 0 Å². The number of sulfonamides is 1. The van der Waals surface area contributed by atoms with Crippen molar-refractivity contribution in [3.05, 3.63) is 14.9 Å². The molecule has 0 aromatic carbocycles. The van der Waals surface area contributed by atoms with Crippen molar-refractivity contribution in [2.45, 2.75) is 43.4 Å². The van der Waals surface area contributed by atoms with Crippen molar-refractivity contribution >= 4 is 48.9 Å². The van der Waals surface area contributed by atoms with Crippen molar-refractivity contribution in [1.82, 2.24) is 4.72 Å². The van der Waals surface area contributed by atoms with Gasteiger partial charge in [0.15, 0.2) is 0 Å². The van der Waals surface area contributed by atoms with Crippen LogP contribution in [0.2, 0.25) is 5.02 Å². The first-order valence-electron chi connectivity index (χ1n) is 5.67. The zero-order chi connectivity index (χ0) is 13.6. The quantitative estimate of drug-likeness (QED) is 0.871. The summed E-state index contributed by atoms with van der Waals surface area (Å²) in [5.41, 5.74) is 0.223. The largest absolute Gasteiger partial charge is 0.250 e. The lowest BCUT2D eigenvalue weighted by Gasteiger charge is -2.17. The van der Waals surface area contributed by atoms with E-state index in [9.17, 15) is 8.42 Å². The topological polar surface area (TPSA) is 46.2 Å². The first kappa shape index (κ1) is 14.8. The van der Waals surface area contributed by atoms with Gasteiger partial charge in [-0.1, -0.05) is 25.4 Å². The molecule has 1 aliphatic carbocycles. The van der Waals surface area contributed by atoms with E-state index >= 15 is 0 Å². The maximum Gasteiger partial charge on any atom is 0.250 e. The molecule has 0 saturated heterocycles. The van der Waals surface area contributed by atoms with Crippen LogP contribution in [0.5, 0.6) is 0 Å². The fourth-order valence-electron chi connectivity index (χ4n) is 2.27. The summed E-state index contributed by atoms with van der Waals surface area (Å²) in [4.78, 5) is 0. The average Bonchev–Trinajstić information content (AvgIpc) is 2.71. The van der Waals surface area contributed by atoms with Gasteiger partial charge in [-0.3, -0.25) is 0 Å². The van der Waals surface area contributed by atoms with E-state index in [1.54, 1.807) is 0 Å². The van der Waals surface area contributed by atoms with Crippen LogP contribution in [0, 0.1) is 5.41 Å². The summed E-state index contributed by atoms with van der Waals surface area (Å²) >= 11 is 10.2. The molecule has 0 amide bonds. The summed E-state index contributed by atoms with van der Waals surface area (Å²) in [5, 5.41) is 0.437. The van der Waals surface area contributed by atoms with E-state index < -0.39 is 10.0 Å². The molecular weight excluding hydrogens is 358 g/mol. The molecule has 0 aliphatic heterocycles. The average molecular weight is 373 g/mol. The maximum atomic E-state index is 12.2. The molecule has 1 unspecified atom stereocenters. The standard InChI is InChI=1S/C11H15BrClNO2S2/c1-11(2)4-3-7(6-11)14-18(15,16)9-5-8(13)10(12)17-9/h5,7,14H,3-4,6H2,1-2H3. The molecule has 1 fully saturated rings. The minimum Gasteiger partial charge on any atom is -0.207 e. The Morgan fingerprint density at radius 1 is 1.56 bits per heavy atom. The lowest BCUT2D eigenvalue weighted by Crippen LogP contribution is -2.33. The summed E-state index contributed by atoms with van der Waals surface area (Å²) in [6, 6.07) is 1.52. The lowest BCUT2D eigenvalue weighted by atomic mass is 9.92. The highest BCUT2D eigenvalue weighted by atomic mass is 79.9. The molecule has 1 saturated carbocycles. The second-order valence-corrected chi connectivity index (χ2v) is 10.1. The van der Waals surface area contributed by atoms with E-state index in [2.05, 4.69) is 34.5 Å². The van der Waals surface area contributed by atoms with Crippen molar-refractivity contribution < 1.29 is 8.42 Å². The monoisotopic (exact) mass is 371 g/mol. The van der Waals surface area contributed by atoms with Gasteiger partial charge in [0.25, 0.3) is 0 Å². The number of nitrogens with one attached hydrogen (secondary N) is 1. The fraction of sp³-hybridized carbons (Fsp3) is 0.636. The predicted molar refractivity (Wildman–Crippen MR) is 78.8 cm³/mol. The smallest absolute Gasteiger partial charge is 0.207 e. The molecule has 7 heteroatoms. The molecule has 1 aliphatic rings. The second-order valence-electron chi connectivity index (χ2n) is 5.41. The van der Waals surface area contributed by atoms with Crippen LogP contribution in [0.3, 0.4) is 0 Å². The van der Waals surface area contributed by atoms with Crippen LogP contribution >= 0.6 is 38.9 Å². The Kier molecular flexibility index (Phi) is 4.15. The van der Waals surface area contributed by atoms with E-state index in [4.69, 9.17) is 11.6 Å². The SMILES string of the molecule is CC1(C)CCC(NS(=O)(=O)c2cc(Cl)c(Br)s2)C1. The molecule has 1 atom stereocenters. The van der Waals surface area contributed by atoms with Crippen LogP contribution in [-0.2, 0) is 10.0 Å². The summed E-state index contributed by atoms with van der Waals surface area (Å²) in [6.07, 6.45) is 2.83. The maximum absolute atomic E-state index is 12.2. The van der Waals surface area contributed by atoms with E-state index in [-0.39, 0.29) is 15.7 Å². The third-order valence-electron chi connectivity index (χ3n) is 3.18. The Balaban J connectivity index is 2.13. The fourth-order valence-corrected chi connectivity index (χ4v) is 5.96. The van der Waals surface area contributed by atoms with Crippen molar-refractivity contribution in [2.24, 2.45) is 5.41 Å². The number of hydrogen-bond donors (Lipinski definition) is 1. The molecule has 2 rings (SSSR count). The summed E-state index contributed by atoms with van der Waals surface area (Å²) in [6.45, 7) is 4.33. The number of hydrogen-bond acceptors (Lipinski definition) is 3. The first-order chi connectivity index (χ1) is 8.20. The van der Waals surface area contributed by atoms with E-state index in [0.29, 0.717) is 8.81 Å². The van der Waals surface area contributed by atoms with Gasteiger partial charge in [0.2, 0.25) is 10.0 Å². The third kappa shape index (κ3) is 3.28. The molecule has 1 N–H and O–H groups in total. The molecule has 1 aromatic rings. The van der Waals surface area contributed by atoms with Crippen molar-refractivity contribution in [1.29, 1.82) is 0 Å². The van der Waals surface area contributed by atoms with E-state index in [1.807, 2.05) is 0 Å². The van der Waals surface area contributed by atoms with Gasteiger partial charge in [-0.05, 0) is 46.7 Å². The van der Waals surface area contributed by atoms with Crippen LogP contribution in [-0.4, -0.2) is 14.5 Å². The van der Waals surface area contributed by atoms with Crippen LogP contribution in [0.25, 0.3) is 0 Å². The van der Waals surface area contributed by atoms with Gasteiger partial charge in [-0.2, -0.15) is 0 Å². The highest BCUT2D eigenvalue weighted by Crippen LogP contribution is 2.39. The highest BCUT2D eigenvalue weighted by molar-refractivity contribution is 9.11. The van der Waals surface area contributed by atoms with Crippen molar-refractivity contribution in [3.8, 4) is 0 Å². The molecule has 102 valence electrons. The van der Waals surface area contributed by atoms with Gasteiger partial charge in [0.05, 0.1) is 8.81 Å². The molecule has 0 spiro atoms. The van der Waals surface area contributed by atoms with Crippen molar-refractivity contribution in [3.63, 3.8) is 0 Å². The van der Waals surface area contributed by atoms with E-state index in [1.165, 1.54) is 6.07 Å². The second kappa shape index (κ2) is 5.05. The van der Waals surface area contributed by atoms with Crippen LogP contribution in [0.15, 0.2) is 14.1 Å². The molecule has 0 bridgehead atoms. The van der Waals surface area contributed by atoms with Crippen LogP contribution < -0.4 is 4.72 Å². The van der Waals surface area contributed by atoms with E-state index in [0.717, 1.165) is 30.6 Å². The van der Waals surface area contributed by atoms with Gasteiger partial charge in [0.1, 0.15) is 4.21 Å². The summed E-state index contributed by atoms with van der Waals surface area (Å²) in [7, 11) is -3.44. The molecule has 3 nitrogen and oxygen atoms in total. The molecule has 1 aromatic heterocycles. The minimum atomic E-state index is -3.44. The predicted octanol–water partition coefficient (Wildman–Crippen LogP) is 4.02. The third-order valence-corrected chi connectivity index (χ3v) is 7.65. The zero-order valence-electron chi connectivity index (χ0n) is 10.2. The first-order valence-corrected chi connectivity index (χ1v) is 9.14. The molecule has 18 heavy (non-hydrogen) atoms. The highest BCUT2D eigenvalue weighted by Gasteiger charge is 2.34. The minimum absolute atomic E-state index is 0.0321. The van der Waals surface area contributed by atoms with Crippen LogP contribution in [0.1, 0.15) is 33.1 Å². The Morgan fingerprint density at radius 3 is 2.67 bits per heavy atom. The van der Waals surface area contributed by atoms with Crippen LogP contribution in [0.4, 0.5) is 0 Å². The number of thiophene rings is 1. The molecule has 0 radical (unpaired) electrons. The number of halogens is 2. The Morgan fingerprint density at radius 2 is 2.22 bits per heavy atom. The summed E-state index contributed by atoms with van der Waals surface area (Å²) in [5.74, 6) is 0. The normalized spacial score (nSPS) is 23.4. The Bertz CT molecular complexity index is 534. The zero-order valence-corrected chi connectivity index (χ0v) is 14.1. The summed E-state index contributed by atoms with van der Waals surface area (Å²) < 4.78 is 28.1. The number of rotatable bonds is 3. The lowest BCUT2D eigenvalue weighted by molar-refractivity contribution is 0.372. The van der Waals surface area contributed by atoms with Gasteiger partial charge < -0.3 is 0 Å².